The van der Waals surface area contributed by atoms with Gasteiger partial charge in [-0.2, -0.15) is 0 Å². The van der Waals surface area contributed by atoms with E-state index in [9.17, 15) is 14.4 Å². The number of anilines is 2. The Bertz CT molecular complexity index is 1220. The maximum Gasteiger partial charge on any atom is 0.335 e. The SMILES string of the molecule is CCOc1ccc(N2C(=O)NC(=O)/C(=C\c3ccc4c(c3)C(C)=CC(C)(C)N4CC)C2=O)cc1. The van der Waals surface area contributed by atoms with Crippen molar-refractivity contribution < 1.29 is 19.1 Å². The van der Waals surface area contributed by atoms with E-state index in [1.54, 1.807) is 24.3 Å². The largest absolute Gasteiger partial charge is 0.494 e. The first kappa shape index (κ1) is 23.3. The average molecular weight is 460 g/mol. The van der Waals surface area contributed by atoms with Gasteiger partial charge in [0.2, 0.25) is 0 Å². The molecule has 2 aliphatic heterocycles. The van der Waals surface area contributed by atoms with Crippen LogP contribution in [0.4, 0.5) is 16.2 Å². The van der Waals surface area contributed by atoms with Crippen LogP contribution < -0.4 is 19.9 Å². The van der Waals surface area contributed by atoms with Crippen LogP contribution in [0.2, 0.25) is 0 Å². The molecule has 0 bridgehead atoms. The van der Waals surface area contributed by atoms with Gasteiger partial charge in [0.25, 0.3) is 11.8 Å². The first-order chi connectivity index (χ1) is 16.2. The lowest BCUT2D eigenvalue weighted by atomic mass is 9.88. The number of fused-ring (bicyclic) bond motifs is 1. The molecule has 0 spiro atoms. The summed E-state index contributed by atoms with van der Waals surface area (Å²) in [5, 5.41) is 2.27. The second kappa shape index (κ2) is 8.82. The van der Waals surface area contributed by atoms with Crippen LogP contribution in [-0.4, -0.2) is 36.5 Å². The third kappa shape index (κ3) is 4.09. The molecular weight excluding hydrogens is 430 g/mol. The minimum Gasteiger partial charge on any atom is -0.494 e. The van der Waals surface area contributed by atoms with Crippen molar-refractivity contribution in [2.24, 2.45) is 0 Å². The Morgan fingerprint density at radius 2 is 1.74 bits per heavy atom. The Kier molecular flexibility index (Phi) is 6.04. The third-order valence-electron chi connectivity index (χ3n) is 6.14. The predicted molar refractivity (Wildman–Crippen MR) is 134 cm³/mol. The lowest BCUT2D eigenvalue weighted by Gasteiger charge is -2.42. The molecule has 1 fully saturated rings. The minimum absolute atomic E-state index is 0.0986. The highest BCUT2D eigenvalue weighted by Crippen LogP contribution is 2.39. The van der Waals surface area contributed by atoms with Crippen molar-refractivity contribution in [3.05, 3.63) is 65.2 Å². The first-order valence-corrected chi connectivity index (χ1v) is 11.4. The molecule has 0 aromatic heterocycles. The molecule has 0 saturated carbocycles. The van der Waals surface area contributed by atoms with Crippen molar-refractivity contribution in [2.45, 2.75) is 40.2 Å². The van der Waals surface area contributed by atoms with Crippen LogP contribution in [0.5, 0.6) is 5.75 Å². The summed E-state index contributed by atoms with van der Waals surface area (Å²) < 4.78 is 5.42. The van der Waals surface area contributed by atoms with E-state index < -0.39 is 17.8 Å². The second-order valence-corrected chi connectivity index (χ2v) is 8.89. The number of rotatable bonds is 5. The fraction of sp³-hybridized carbons (Fsp3) is 0.296. The molecule has 7 nitrogen and oxygen atoms in total. The molecule has 0 aliphatic carbocycles. The van der Waals surface area contributed by atoms with Gasteiger partial charge in [0.05, 0.1) is 17.8 Å². The summed E-state index contributed by atoms with van der Waals surface area (Å²) in [6, 6.07) is 11.7. The normalized spacial score (nSPS) is 18.6. The molecule has 1 saturated heterocycles. The van der Waals surface area contributed by atoms with Gasteiger partial charge in [0.1, 0.15) is 11.3 Å². The molecule has 1 N–H and O–H groups in total. The number of likely N-dealkylation sites (N-methyl/N-ethyl adjacent to an activating group) is 1. The molecule has 2 aromatic carbocycles. The van der Waals surface area contributed by atoms with Crippen LogP contribution in [0, 0.1) is 0 Å². The molecule has 34 heavy (non-hydrogen) atoms. The molecule has 2 heterocycles. The number of nitrogens with one attached hydrogen (secondary N) is 1. The highest BCUT2D eigenvalue weighted by Gasteiger charge is 2.37. The van der Waals surface area contributed by atoms with Crippen LogP contribution in [0.15, 0.2) is 54.1 Å². The Morgan fingerprint density at radius 3 is 2.38 bits per heavy atom. The van der Waals surface area contributed by atoms with Crippen LogP contribution in [-0.2, 0) is 9.59 Å². The van der Waals surface area contributed by atoms with Crippen molar-refractivity contribution >= 4 is 40.9 Å². The van der Waals surface area contributed by atoms with Gasteiger partial charge >= 0.3 is 6.03 Å². The summed E-state index contributed by atoms with van der Waals surface area (Å²) in [4.78, 5) is 41.6. The summed E-state index contributed by atoms with van der Waals surface area (Å²) in [6.45, 7) is 11.8. The zero-order valence-electron chi connectivity index (χ0n) is 20.1. The number of allylic oxidation sites excluding steroid dienone is 1. The standard InChI is InChI=1S/C27H29N3O4/c1-6-29-23-13-8-18(14-21(23)17(3)16-27(29,4)5)15-22-24(31)28-26(33)30(25(22)32)19-9-11-20(12-10-19)34-7-2/h8-16H,6-7H2,1-5H3,(H,28,31,33)/b22-15+. The van der Waals surface area contributed by atoms with Gasteiger partial charge in [-0.05, 0) is 88.2 Å². The van der Waals surface area contributed by atoms with Crippen molar-refractivity contribution in [3.63, 3.8) is 0 Å². The summed E-state index contributed by atoms with van der Waals surface area (Å²) in [5.41, 5.74) is 4.16. The van der Waals surface area contributed by atoms with E-state index in [4.69, 9.17) is 4.74 Å². The number of amides is 4. The van der Waals surface area contributed by atoms with Crippen molar-refractivity contribution in [3.8, 4) is 5.75 Å². The summed E-state index contributed by atoms with van der Waals surface area (Å²) >= 11 is 0. The molecule has 0 unspecified atom stereocenters. The number of benzene rings is 2. The van der Waals surface area contributed by atoms with E-state index in [1.807, 2.05) is 25.1 Å². The van der Waals surface area contributed by atoms with E-state index >= 15 is 0 Å². The van der Waals surface area contributed by atoms with Crippen LogP contribution in [0.1, 0.15) is 45.7 Å². The van der Waals surface area contributed by atoms with E-state index in [2.05, 4.69) is 44.0 Å². The summed E-state index contributed by atoms with van der Waals surface area (Å²) in [7, 11) is 0. The zero-order valence-corrected chi connectivity index (χ0v) is 20.1. The monoisotopic (exact) mass is 459 g/mol. The quantitative estimate of drug-likeness (QED) is 0.515. The van der Waals surface area contributed by atoms with Gasteiger partial charge in [-0.25, -0.2) is 9.69 Å². The highest BCUT2D eigenvalue weighted by atomic mass is 16.5. The smallest absolute Gasteiger partial charge is 0.335 e. The first-order valence-electron chi connectivity index (χ1n) is 11.4. The van der Waals surface area contributed by atoms with Gasteiger partial charge in [-0.15, -0.1) is 0 Å². The number of barbiturate groups is 1. The van der Waals surface area contributed by atoms with Gasteiger partial charge in [0.15, 0.2) is 0 Å². The molecular formula is C27H29N3O4. The number of carbonyl (C=O) groups is 3. The van der Waals surface area contributed by atoms with E-state index in [-0.39, 0.29) is 11.1 Å². The van der Waals surface area contributed by atoms with E-state index in [0.29, 0.717) is 23.6 Å². The average Bonchev–Trinajstić information content (AvgIpc) is 2.78. The minimum atomic E-state index is -0.777. The lowest BCUT2D eigenvalue weighted by Crippen LogP contribution is -2.54. The molecule has 4 amide bonds. The number of imide groups is 2. The van der Waals surface area contributed by atoms with Crippen LogP contribution >= 0.6 is 0 Å². The van der Waals surface area contributed by atoms with Gasteiger partial charge in [-0.3, -0.25) is 14.9 Å². The summed E-state index contributed by atoms with van der Waals surface area (Å²) in [5.74, 6) is -0.748. The number of hydrogen-bond acceptors (Lipinski definition) is 5. The maximum absolute atomic E-state index is 13.2. The summed E-state index contributed by atoms with van der Waals surface area (Å²) in [6.07, 6.45) is 3.76. The Hall–Kier alpha value is -3.87. The van der Waals surface area contributed by atoms with E-state index in [1.165, 1.54) is 6.08 Å². The van der Waals surface area contributed by atoms with Gasteiger partial charge in [-0.1, -0.05) is 12.1 Å². The van der Waals surface area contributed by atoms with Crippen molar-refractivity contribution in [1.82, 2.24) is 5.32 Å². The van der Waals surface area contributed by atoms with Crippen LogP contribution in [0.25, 0.3) is 11.6 Å². The predicted octanol–water partition coefficient (Wildman–Crippen LogP) is 4.77. The fourth-order valence-corrected chi connectivity index (χ4v) is 4.69. The topological polar surface area (TPSA) is 79.0 Å². The number of carbonyl (C=O) groups excluding carboxylic acids is 3. The van der Waals surface area contributed by atoms with Crippen molar-refractivity contribution in [2.75, 3.05) is 23.0 Å². The number of urea groups is 1. The molecule has 7 heteroatoms. The lowest BCUT2D eigenvalue weighted by molar-refractivity contribution is -0.122. The molecule has 0 radical (unpaired) electrons. The number of hydrogen-bond donors (Lipinski definition) is 1. The van der Waals surface area contributed by atoms with Gasteiger partial charge in [0, 0.05) is 17.8 Å². The Balaban J connectivity index is 1.70. The second-order valence-electron chi connectivity index (χ2n) is 8.89. The van der Waals surface area contributed by atoms with E-state index in [0.717, 1.165) is 28.3 Å². The Morgan fingerprint density at radius 1 is 1.03 bits per heavy atom. The third-order valence-corrected chi connectivity index (χ3v) is 6.14. The Labute approximate surface area is 199 Å². The highest BCUT2D eigenvalue weighted by molar-refractivity contribution is 6.39. The van der Waals surface area contributed by atoms with Crippen LogP contribution in [0.3, 0.4) is 0 Å². The maximum atomic E-state index is 13.2. The van der Waals surface area contributed by atoms with Gasteiger partial charge < -0.3 is 9.64 Å². The molecule has 2 aliphatic rings. The number of nitrogens with zero attached hydrogens (tertiary/aromatic N) is 2. The fourth-order valence-electron chi connectivity index (χ4n) is 4.69. The zero-order chi connectivity index (χ0) is 24.6. The molecule has 176 valence electrons. The molecule has 0 atom stereocenters. The van der Waals surface area contributed by atoms with Crippen molar-refractivity contribution in [1.29, 1.82) is 0 Å². The molecule has 2 aromatic rings. The number of ether oxygens (including phenoxy) is 1. The molecule has 4 rings (SSSR count).